The highest BCUT2D eigenvalue weighted by Gasteiger charge is 2.22. The number of piperazine rings is 1. The van der Waals surface area contributed by atoms with Crippen LogP contribution in [0.15, 0.2) is 28.7 Å². The van der Waals surface area contributed by atoms with Crippen molar-refractivity contribution in [3.63, 3.8) is 0 Å². The lowest BCUT2D eigenvalue weighted by Crippen LogP contribution is -2.51. The number of nitrogens with zero attached hydrogens (tertiary/aromatic N) is 2. The van der Waals surface area contributed by atoms with Crippen molar-refractivity contribution in [1.29, 1.82) is 0 Å². The summed E-state index contributed by atoms with van der Waals surface area (Å²) >= 11 is 3.33. The average Bonchev–Trinajstić information content (AvgIpc) is 2.72. The standard InChI is InChI=1S/C20H29BrN4O4/c1-29-14-2-8-22-18(26)15-24-10-12-25(13-11-24)19(27)7-9-23-20(28)16-3-5-17(21)6-4-16/h3-6H,2,7-15H2,1H3,(H,22,26)(H,23,28). The van der Waals surface area contributed by atoms with Crippen LogP contribution in [-0.2, 0) is 14.3 Å². The first kappa shape index (κ1) is 23.3. The van der Waals surface area contributed by atoms with E-state index in [-0.39, 0.29) is 24.1 Å². The third kappa shape index (κ3) is 8.51. The minimum Gasteiger partial charge on any atom is -0.385 e. The van der Waals surface area contributed by atoms with Crippen LogP contribution in [0.3, 0.4) is 0 Å². The smallest absolute Gasteiger partial charge is 0.251 e. The number of carbonyl (C=O) groups excluding carboxylic acids is 3. The second kappa shape index (κ2) is 12.6. The summed E-state index contributed by atoms with van der Waals surface area (Å²) in [6, 6.07) is 7.07. The molecule has 1 aromatic carbocycles. The van der Waals surface area contributed by atoms with Crippen LogP contribution in [0.25, 0.3) is 0 Å². The molecule has 2 N–H and O–H groups in total. The molecule has 1 aliphatic heterocycles. The van der Waals surface area contributed by atoms with Gasteiger partial charge in [0, 0.05) is 69.4 Å². The maximum absolute atomic E-state index is 12.4. The van der Waals surface area contributed by atoms with Crippen molar-refractivity contribution >= 4 is 33.7 Å². The van der Waals surface area contributed by atoms with Crippen LogP contribution in [0.1, 0.15) is 23.2 Å². The first-order chi connectivity index (χ1) is 14.0. The zero-order valence-corrected chi connectivity index (χ0v) is 18.4. The highest BCUT2D eigenvalue weighted by Crippen LogP contribution is 2.10. The predicted molar refractivity (Wildman–Crippen MR) is 114 cm³/mol. The molecule has 1 aromatic rings. The highest BCUT2D eigenvalue weighted by atomic mass is 79.9. The molecule has 0 saturated carbocycles. The predicted octanol–water partition coefficient (Wildman–Crippen LogP) is 0.866. The third-order valence-electron chi connectivity index (χ3n) is 4.67. The summed E-state index contributed by atoms with van der Waals surface area (Å²) in [4.78, 5) is 40.2. The monoisotopic (exact) mass is 468 g/mol. The van der Waals surface area contributed by atoms with Crippen molar-refractivity contribution in [2.24, 2.45) is 0 Å². The molecule has 29 heavy (non-hydrogen) atoms. The van der Waals surface area contributed by atoms with Crippen LogP contribution in [0, 0.1) is 0 Å². The Kier molecular flexibility index (Phi) is 10.1. The molecular formula is C20H29BrN4O4. The van der Waals surface area contributed by atoms with E-state index in [1.165, 1.54) is 0 Å². The highest BCUT2D eigenvalue weighted by molar-refractivity contribution is 9.10. The normalized spacial score (nSPS) is 14.5. The number of rotatable bonds is 10. The molecule has 160 valence electrons. The Labute approximate surface area is 180 Å². The Balaban J connectivity index is 1.61. The van der Waals surface area contributed by atoms with Gasteiger partial charge in [-0.1, -0.05) is 15.9 Å². The fraction of sp³-hybridized carbons (Fsp3) is 0.550. The van der Waals surface area contributed by atoms with E-state index in [9.17, 15) is 14.4 Å². The van der Waals surface area contributed by atoms with Gasteiger partial charge >= 0.3 is 0 Å². The molecular weight excluding hydrogens is 440 g/mol. The molecule has 3 amide bonds. The molecule has 1 heterocycles. The van der Waals surface area contributed by atoms with Crippen molar-refractivity contribution in [2.75, 3.05) is 59.5 Å². The van der Waals surface area contributed by atoms with Crippen molar-refractivity contribution in [1.82, 2.24) is 20.4 Å². The third-order valence-corrected chi connectivity index (χ3v) is 5.20. The van der Waals surface area contributed by atoms with E-state index in [2.05, 4.69) is 26.6 Å². The Morgan fingerprint density at radius 3 is 2.38 bits per heavy atom. The van der Waals surface area contributed by atoms with Gasteiger partial charge in [0.2, 0.25) is 11.8 Å². The summed E-state index contributed by atoms with van der Waals surface area (Å²) in [7, 11) is 1.64. The van der Waals surface area contributed by atoms with Crippen LogP contribution < -0.4 is 10.6 Å². The minimum absolute atomic E-state index is 0.00321. The average molecular weight is 469 g/mol. The van der Waals surface area contributed by atoms with Gasteiger partial charge in [0.25, 0.3) is 5.91 Å². The second-order valence-electron chi connectivity index (χ2n) is 6.87. The van der Waals surface area contributed by atoms with Gasteiger partial charge in [0.05, 0.1) is 6.54 Å². The molecule has 0 atom stereocenters. The lowest BCUT2D eigenvalue weighted by atomic mass is 10.2. The lowest BCUT2D eigenvalue weighted by Gasteiger charge is -2.34. The molecule has 0 bridgehead atoms. The number of halogens is 1. The van der Waals surface area contributed by atoms with Gasteiger partial charge in [0.15, 0.2) is 0 Å². The summed E-state index contributed by atoms with van der Waals surface area (Å²) in [5, 5.41) is 5.65. The Morgan fingerprint density at radius 1 is 1.03 bits per heavy atom. The largest absolute Gasteiger partial charge is 0.385 e. The van der Waals surface area contributed by atoms with Crippen LogP contribution >= 0.6 is 15.9 Å². The number of hydrogen-bond acceptors (Lipinski definition) is 5. The van der Waals surface area contributed by atoms with Crippen molar-refractivity contribution < 1.29 is 19.1 Å². The molecule has 0 aliphatic carbocycles. The number of carbonyl (C=O) groups is 3. The first-order valence-corrected chi connectivity index (χ1v) is 10.6. The van der Waals surface area contributed by atoms with E-state index in [0.717, 1.165) is 10.9 Å². The fourth-order valence-electron chi connectivity index (χ4n) is 3.00. The van der Waals surface area contributed by atoms with E-state index < -0.39 is 0 Å². The van der Waals surface area contributed by atoms with Gasteiger partial charge < -0.3 is 20.3 Å². The van der Waals surface area contributed by atoms with E-state index >= 15 is 0 Å². The summed E-state index contributed by atoms with van der Waals surface area (Å²) < 4.78 is 5.86. The van der Waals surface area contributed by atoms with Gasteiger partial charge in [-0.2, -0.15) is 0 Å². The van der Waals surface area contributed by atoms with Gasteiger partial charge in [-0.3, -0.25) is 19.3 Å². The molecule has 9 heteroatoms. The molecule has 0 radical (unpaired) electrons. The van der Waals surface area contributed by atoms with E-state index in [1.807, 2.05) is 4.90 Å². The number of amides is 3. The molecule has 2 rings (SSSR count). The van der Waals surface area contributed by atoms with E-state index in [4.69, 9.17) is 4.74 Å². The van der Waals surface area contributed by atoms with Gasteiger partial charge in [-0.05, 0) is 30.7 Å². The minimum atomic E-state index is -0.188. The summed E-state index contributed by atoms with van der Waals surface area (Å²) in [6.45, 7) is 4.41. The van der Waals surface area contributed by atoms with Crippen LogP contribution in [0.4, 0.5) is 0 Å². The molecule has 1 saturated heterocycles. The number of benzene rings is 1. The number of ether oxygens (including phenoxy) is 1. The van der Waals surface area contributed by atoms with Gasteiger partial charge in [-0.25, -0.2) is 0 Å². The Hall–Kier alpha value is -1.97. The quantitative estimate of drug-likeness (QED) is 0.497. The number of nitrogens with one attached hydrogen (secondary N) is 2. The zero-order valence-electron chi connectivity index (χ0n) is 16.8. The maximum Gasteiger partial charge on any atom is 0.251 e. The summed E-state index contributed by atoms with van der Waals surface area (Å²) in [6.07, 6.45) is 1.06. The van der Waals surface area contributed by atoms with Crippen LogP contribution in [0.5, 0.6) is 0 Å². The van der Waals surface area contributed by atoms with E-state index in [0.29, 0.717) is 58.0 Å². The lowest BCUT2D eigenvalue weighted by molar-refractivity contribution is -0.133. The molecule has 1 aliphatic rings. The van der Waals surface area contributed by atoms with Crippen molar-refractivity contribution in [3.8, 4) is 0 Å². The Bertz CT molecular complexity index is 676. The molecule has 0 spiro atoms. The summed E-state index contributed by atoms with van der Waals surface area (Å²) in [5.41, 5.74) is 0.565. The van der Waals surface area contributed by atoms with E-state index in [1.54, 1.807) is 36.3 Å². The van der Waals surface area contributed by atoms with Gasteiger partial charge in [-0.15, -0.1) is 0 Å². The second-order valence-corrected chi connectivity index (χ2v) is 7.78. The number of methoxy groups -OCH3 is 1. The molecule has 0 aromatic heterocycles. The molecule has 0 unspecified atom stereocenters. The number of hydrogen-bond donors (Lipinski definition) is 2. The Morgan fingerprint density at radius 2 is 1.72 bits per heavy atom. The SMILES string of the molecule is COCCCNC(=O)CN1CCN(C(=O)CCNC(=O)c2ccc(Br)cc2)CC1. The molecule has 8 nitrogen and oxygen atoms in total. The van der Waals surface area contributed by atoms with Crippen LogP contribution in [0.2, 0.25) is 0 Å². The topological polar surface area (TPSA) is 91.0 Å². The van der Waals surface area contributed by atoms with Crippen molar-refractivity contribution in [2.45, 2.75) is 12.8 Å². The maximum atomic E-state index is 12.4. The summed E-state index contributed by atoms with van der Waals surface area (Å²) in [5.74, 6) is -0.173. The first-order valence-electron chi connectivity index (χ1n) is 9.79. The van der Waals surface area contributed by atoms with Crippen LogP contribution in [-0.4, -0.2) is 87.1 Å². The zero-order chi connectivity index (χ0) is 21.1. The van der Waals surface area contributed by atoms with Gasteiger partial charge in [0.1, 0.15) is 0 Å². The van der Waals surface area contributed by atoms with Crippen molar-refractivity contribution in [3.05, 3.63) is 34.3 Å². The fourth-order valence-corrected chi connectivity index (χ4v) is 3.27. The molecule has 1 fully saturated rings.